The van der Waals surface area contributed by atoms with Gasteiger partial charge in [0.2, 0.25) is 0 Å². The van der Waals surface area contributed by atoms with Crippen molar-refractivity contribution in [3.63, 3.8) is 0 Å². The van der Waals surface area contributed by atoms with Crippen molar-refractivity contribution in [2.45, 2.75) is 40.0 Å². The summed E-state index contributed by atoms with van der Waals surface area (Å²) in [6.07, 6.45) is 0.333. The second-order valence-electron chi connectivity index (χ2n) is 5.15. The van der Waals surface area contributed by atoms with Crippen LogP contribution in [0.2, 0.25) is 0 Å². The molecule has 0 spiro atoms. The average molecular weight is 295 g/mol. The van der Waals surface area contributed by atoms with E-state index in [2.05, 4.69) is 24.3 Å². The number of carbonyl (C=O) groups is 2. The lowest BCUT2D eigenvalue weighted by Crippen LogP contribution is -2.11. The van der Waals surface area contributed by atoms with Gasteiger partial charge in [0.25, 0.3) is 0 Å². The van der Waals surface area contributed by atoms with Crippen molar-refractivity contribution in [2.75, 3.05) is 6.61 Å². The number of carboxylic acids is 1. The number of benzene rings is 1. The Hall–Kier alpha value is -2.04. The standard InChI is InChI=1S/C13H18O2.C3H7NO2/c1-9(2)8-11-4-6-12(7-5-11)10(3)13(14)15;1-2-6-3(4)5/h4-7,9-10H,8H2,1-3H3,(H,14,15);2H2,1H3,(H2,4,5). The first-order valence-electron chi connectivity index (χ1n) is 7.01. The summed E-state index contributed by atoms with van der Waals surface area (Å²) in [5, 5.41) is 8.85. The Balaban J connectivity index is 0.000000567. The lowest BCUT2D eigenvalue weighted by Gasteiger charge is -2.09. The molecule has 5 heteroatoms. The van der Waals surface area contributed by atoms with E-state index in [1.165, 1.54) is 5.56 Å². The maximum atomic E-state index is 10.8. The molecule has 1 amide bonds. The van der Waals surface area contributed by atoms with Crippen LogP contribution >= 0.6 is 0 Å². The molecule has 0 saturated heterocycles. The minimum atomic E-state index is -0.772. The fourth-order valence-electron chi connectivity index (χ4n) is 1.70. The zero-order valence-corrected chi connectivity index (χ0v) is 13.1. The molecule has 1 unspecified atom stereocenters. The monoisotopic (exact) mass is 295 g/mol. The van der Waals surface area contributed by atoms with Crippen molar-refractivity contribution in [1.29, 1.82) is 0 Å². The molecule has 1 aromatic carbocycles. The number of carbonyl (C=O) groups excluding carboxylic acids is 1. The molecule has 0 radical (unpaired) electrons. The topological polar surface area (TPSA) is 89.6 Å². The van der Waals surface area contributed by atoms with Gasteiger partial charge >= 0.3 is 12.1 Å². The van der Waals surface area contributed by atoms with Crippen LogP contribution in [0.5, 0.6) is 0 Å². The van der Waals surface area contributed by atoms with Crippen LogP contribution in [-0.4, -0.2) is 23.8 Å². The molecule has 0 aliphatic heterocycles. The lowest BCUT2D eigenvalue weighted by atomic mass is 9.97. The van der Waals surface area contributed by atoms with Crippen LogP contribution in [0, 0.1) is 5.92 Å². The number of aliphatic carboxylic acids is 1. The van der Waals surface area contributed by atoms with E-state index in [1.54, 1.807) is 13.8 Å². The summed E-state index contributed by atoms with van der Waals surface area (Å²) in [7, 11) is 0. The number of hydrogen-bond acceptors (Lipinski definition) is 3. The van der Waals surface area contributed by atoms with Gasteiger partial charge in [-0.15, -0.1) is 0 Å². The fraction of sp³-hybridized carbons (Fsp3) is 0.500. The Labute approximate surface area is 126 Å². The molecule has 0 fully saturated rings. The molecular weight excluding hydrogens is 270 g/mol. The summed E-state index contributed by atoms with van der Waals surface area (Å²) in [6.45, 7) is 8.11. The minimum absolute atomic E-state index is 0.356. The predicted molar refractivity (Wildman–Crippen MR) is 82.2 cm³/mol. The van der Waals surface area contributed by atoms with Crippen LogP contribution in [0.4, 0.5) is 4.79 Å². The molecular formula is C16H25NO4. The van der Waals surface area contributed by atoms with Crippen LogP contribution < -0.4 is 5.73 Å². The summed E-state index contributed by atoms with van der Waals surface area (Å²) < 4.78 is 4.18. The van der Waals surface area contributed by atoms with Gasteiger partial charge in [0.1, 0.15) is 0 Å². The molecule has 118 valence electrons. The first-order valence-corrected chi connectivity index (χ1v) is 7.01. The van der Waals surface area contributed by atoms with Crippen molar-refractivity contribution in [2.24, 2.45) is 11.7 Å². The maximum Gasteiger partial charge on any atom is 0.404 e. The first-order chi connectivity index (χ1) is 9.77. The van der Waals surface area contributed by atoms with Gasteiger partial charge in [-0.3, -0.25) is 4.79 Å². The largest absolute Gasteiger partial charge is 0.481 e. The minimum Gasteiger partial charge on any atom is -0.481 e. The van der Waals surface area contributed by atoms with Gasteiger partial charge in [0.15, 0.2) is 0 Å². The van der Waals surface area contributed by atoms with Crippen molar-refractivity contribution in [3.05, 3.63) is 35.4 Å². The highest BCUT2D eigenvalue weighted by Gasteiger charge is 2.12. The molecule has 21 heavy (non-hydrogen) atoms. The van der Waals surface area contributed by atoms with Crippen LogP contribution in [0.25, 0.3) is 0 Å². The van der Waals surface area contributed by atoms with E-state index in [1.807, 2.05) is 24.3 Å². The molecule has 5 nitrogen and oxygen atoms in total. The van der Waals surface area contributed by atoms with E-state index in [-0.39, 0.29) is 0 Å². The molecule has 3 N–H and O–H groups in total. The lowest BCUT2D eigenvalue weighted by molar-refractivity contribution is -0.138. The number of nitrogens with two attached hydrogens (primary N) is 1. The zero-order chi connectivity index (χ0) is 16.4. The molecule has 1 atom stereocenters. The number of rotatable bonds is 5. The summed E-state index contributed by atoms with van der Waals surface area (Å²) in [5.74, 6) is -0.558. The van der Waals surface area contributed by atoms with E-state index in [4.69, 9.17) is 5.11 Å². The third-order valence-electron chi connectivity index (χ3n) is 2.78. The van der Waals surface area contributed by atoms with Gasteiger partial charge in [-0.2, -0.15) is 0 Å². The SMILES string of the molecule is CC(C)Cc1ccc(C(C)C(=O)O)cc1.CCOC(N)=O. The predicted octanol–water partition coefficient (Wildman–Crippen LogP) is 3.17. The molecule has 0 aromatic heterocycles. The van der Waals surface area contributed by atoms with Crippen LogP contribution in [0.15, 0.2) is 24.3 Å². The zero-order valence-electron chi connectivity index (χ0n) is 13.1. The number of amides is 1. The molecule has 0 aliphatic rings. The summed E-state index contributed by atoms with van der Waals surface area (Å²) in [4.78, 5) is 20.4. The third-order valence-corrected chi connectivity index (χ3v) is 2.78. The van der Waals surface area contributed by atoms with Gasteiger partial charge in [-0.25, -0.2) is 4.79 Å². The Kier molecular flexibility index (Phi) is 8.85. The number of primary amides is 1. The quantitative estimate of drug-likeness (QED) is 0.873. The van der Waals surface area contributed by atoms with Gasteiger partial charge < -0.3 is 15.6 Å². The molecule has 0 bridgehead atoms. The van der Waals surface area contributed by atoms with Crippen molar-refractivity contribution in [3.8, 4) is 0 Å². The van der Waals surface area contributed by atoms with E-state index in [9.17, 15) is 9.59 Å². The molecule has 0 heterocycles. The molecule has 1 aromatic rings. The Morgan fingerprint density at radius 1 is 1.19 bits per heavy atom. The van der Waals surface area contributed by atoms with E-state index >= 15 is 0 Å². The number of ether oxygens (including phenoxy) is 1. The van der Waals surface area contributed by atoms with E-state index in [0.29, 0.717) is 12.5 Å². The smallest absolute Gasteiger partial charge is 0.404 e. The summed E-state index contributed by atoms with van der Waals surface area (Å²) in [5.41, 5.74) is 6.68. The van der Waals surface area contributed by atoms with Crippen LogP contribution in [-0.2, 0) is 16.0 Å². The highest BCUT2D eigenvalue weighted by molar-refractivity contribution is 5.75. The van der Waals surface area contributed by atoms with Crippen molar-refractivity contribution < 1.29 is 19.4 Å². The second-order valence-corrected chi connectivity index (χ2v) is 5.15. The first kappa shape index (κ1) is 19.0. The van der Waals surface area contributed by atoms with Gasteiger partial charge in [0.05, 0.1) is 12.5 Å². The fourth-order valence-corrected chi connectivity index (χ4v) is 1.70. The Morgan fingerprint density at radius 2 is 1.71 bits per heavy atom. The highest BCUT2D eigenvalue weighted by atomic mass is 16.5. The molecule has 0 aliphatic carbocycles. The number of carboxylic acid groups (broad SMARTS) is 1. The Bertz CT molecular complexity index is 440. The average Bonchev–Trinajstić information content (AvgIpc) is 2.38. The summed E-state index contributed by atoms with van der Waals surface area (Å²) in [6, 6.07) is 7.87. The maximum absolute atomic E-state index is 10.8. The second kappa shape index (κ2) is 9.80. The normalized spacial score (nSPS) is 11.3. The molecule has 1 rings (SSSR count). The van der Waals surface area contributed by atoms with Crippen molar-refractivity contribution in [1.82, 2.24) is 0 Å². The summed E-state index contributed by atoms with van der Waals surface area (Å²) >= 11 is 0. The van der Waals surface area contributed by atoms with Crippen molar-refractivity contribution >= 4 is 12.1 Å². The Morgan fingerprint density at radius 3 is 2.00 bits per heavy atom. The van der Waals surface area contributed by atoms with Crippen LogP contribution in [0.3, 0.4) is 0 Å². The third kappa shape index (κ3) is 8.68. The van der Waals surface area contributed by atoms with Gasteiger partial charge in [0, 0.05) is 0 Å². The van der Waals surface area contributed by atoms with Gasteiger partial charge in [-0.1, -0.05) is 38.1 Å². The highest BCUT2D eigenvalue weighted by Crippen LogP contribution is 2.17. The molecule has 0 saturated carbocycles. The van der Waals surface area contributed by atoms with E-state index in [0.717, 1.165) is 12.0 Å². The van der Waals surface area contributed by atoms with Gasteiger partial charge in [-0.05, 0) is 37.3 Å². The van der Waals surface area contributed by atoms with E-state index < -0.39 is 18.0 Å². The van der Waals surface area contributed by atoms with Crippen LogP contribution in [0.1, 0.15) is 44.7 Å². The number of hydrogen-bond donors (Lipinski definition) is 2.